The number of halogens is 1. The maximum Gasteiger partial charge on any atom is 0.263 e. The summed E-state index contributed by atoms with van der Waals surface area (Å²) in [5.74, 6) is 0.804. The van der Waals surface area contributed by atoms with Crippen LogP contribution in [0.2, 0.25) is 5.02 Å². The number of nitrogens with one attached hydrogen (secondary N) is 2. The summed E-state index contributed by atoms with van der Waals surface area (Å²) in [6.07, 6.45) is 2.25. The molecule has 0 amide bonds. The molecule has 3 rings (SSSR count). The third-order valence-electron chi connectivity index (χ3n) is 3.31. The highest BCUT2D eigenvalue weighted by atomic mass is 35.5. The maximum atomic E-state index is 12.2. The fraction of sp³-hybridized carbons (Fsp3) is 0.308. The number of sulfonamides is 1. The number of hydrogen-bond donors (Lipinski definition) is 2. The van der Waals surface area contributed by atoms with Gasteiger partial charge in [-0.15, -0.1) is 0 Å². The molecule has 0 atom stereocenters. The molecule has 2 aromatic rings. The Morgan fingerprint density at radius 1 is 1.35 bits per heavy atom. The summed E-state index contributed by atoms with van der Waals surface area (Å²) in [5, 5.41) is 7.26. The van der Waals surface area contributed by atoms with E-state index in [1.807, 2.05) is 6.92 Å². The fourth-order valence-corrected chi connectivity index (χ4v) is 3.19. The zero-order valence-corrected chi connectivity index (χ0v) is 12.4. The lowest BCUT2D eigenvalue weighted by Gasteiger charge is -2.06. The molecule has 1 aliphatic carbocycles. The third-order valence-corrected chi connectivity index (χ3v) is 5.07. The van der Waals surface area contributed by atoms with Crippen LogP contribution in [0.25, 0.3) is 0 Å². The second kappa shape index (κ2) is 4.79. The van der Waals surface area contributed by atoms with Crippen LogP contribution < -0.4 is 4.72 Å². The molecule has 20 heavy (non-hydrogen) atoms. The molecule has 1 heterocycles. The average Bonchev–Trinajstić information content (AvgIpc) is 3.14. The standard InChI is InChI=1S/C13H14ClN3O2S/c1-8-2-5-10(6-11(8)14)20(18,19)17-13-7-12(15-16-13)9-3-4-9/h2,5-7,9H,3-4H2,1H3,(H2,15,16,17). The van der Waals surface area contributed by atoms with Crippen LogP contribution in [0, 0.1) is 6.92 Å². The first kappa shape index (κ1) is 13.5. The highest BCUT2D eigenvalue weighted by Gasteiger charge is 2.26. The quantitative estimate of drug-likeness (QED) is 0.911. The number of hydrogen-bond acceptors (Lipinski definition) is 3. The predicted octanol–water partition coefficient (Wildman–Crippen LogP) is 3.05. The van der Waals surface area contributed by atoms with Gasteiger partial charge in [-0.3, -0.25) is 9.82 Å². The summed E-state index contributed by atoms with van der Waals surface area (Å²) in [6.45, 7) is 1.82. The van der Waals surface area contributed by atoms with Crippen molar-refractivity contribution in [3.63, 3.8) is 0 Å². The molecular weight excluding hydrogens is 298 g/mol. The van der Waals surface area contributed by atoms with Crippen molar-refractivity contribution >= 4 is 27.4 Å². The van der Waals surface area contributed by atoms with E-state index in [9.17, 15) is 8.42 Å². The Balaban J connectivity index is 1.84. The van der Waals surface area contributed by atoms with Gasteiger partial charge in [0.15, 0.2) is 5.82 Å². The van der Waals surface area contributed by atoms with E-state index in [4.69, 9.17) is 11.6 Å². The van der Waals surface area contributed by atoms with E-state index >= 15 is 0 Å². The van der Waals surface area contributed by atoms with E-state index in [2.05, 4.69) is 14.9 Å². The van der Waals surface area contributed by atoms with Crippen LogP contribution in [0.1, 0.15) is 30.0 Å². The van der Waals surface area contributed by atoms with Gasteiger partial charge < -0.3 is 0 Å². The molecule has 1 aromatic carbocycles. The van der Waals surface area contributed by atoms with Gasteiger partial charge in [-0.2, -0.15) is 5.10 Å². The van der Waals surface area contributed by atoms with Gasteiger partial charge in [-0.05, 0) is 37.5 Å². The van der Waals surface area contributed by atoms with Crippen LogP contribution in [0.4, 0.5) is 5.82 Å². The first-order valence-corrected chi connectivity index (χ1v) is 8.16. The molecule has 1 saturated carbocycles. The Bertz CT molecular complexity index is 751. The summed E-state index contributed by atoms with van der Waals surface area (Å²) in [5.41, 5.74) is 1.81. The lowest BCUT2D eigenvalue weighted by molar-refractivity contribution is 0.601. The Labute approximate surface area is 122 Å². The van der Waals surface area contributed by atoms with Crippen molar-refractivity contribution in [2.45, 2.75) is 30.6 Å². The number of aromatic nitrogens is 2. The molecular formula is C13H14ClN3O2S. The molecule has 0 spiro atoms. The van der Waals surface area contributed by atoms with Crippen molar-refractivity contribution in [1.29, 1.82) is 0 Å². The van der Waals surface area contributed by atoms with Crippen molar-refractivity contribution < 1.29 is 8.42 Å². The monoisotopic (exact) mass is 311 g/mol. The minimum Gasteiger partial charge on any atom is -0.280 e. The molecule has 0 radical (unpaired) electrons. The molecule has 0 bridgehead atoms. The van der Waals surface area contributed by atoms with E-state index in [0.29, 0.717) is 16.8 Å². The minimum atomic E-state index is -3.66. The van der Waals surface area contributed by atoms with E-state index in [1.54, 1.807) is 12.1 Å². The zero-order valence-electron chi connectivity index (χ0n) is 10.9. The van der Waals surface area contributed by atoms with Gasteiger partial charge in [0.2, 0.25) is 0 Å². The number of H-pyrrole nitrogens is 1. The molecule has 7 heteroatoms. The second-order valence-electron chi connectivity index (χ2n) is 5.00. The van der Waals surface area contributed by atoms with Gasteiger partial charge in [0.05, 0.1) is 4.90 Å². The molecule has 0 saturated heterocycles. The highest BCUT2D eigenvalue weighted by Crippen LogP contribution is 2.39. The van der Waals surface area contributed by atoms with Crippen molar-refractivity contribution in [2.75, 3.05) is 4.72 Å². The summed E-state index contributed by atoms with van der Waals surface area (Å²) in [6, 6.07) is 6.38. The van der Waals surface area contributed by atoms with Crippen LogP contribution in [-0.2, 0) is 10.0 Å². The van der Waals surface area contributed by atoms with Crippen LogP contribution >= 0.6 is 11.6 Å². The molecule has 1 aliphatic rings. The van der Waals surface area contributed by atoms with Crippen molar-refractivity contribution in [1.82, 2.24) is 10.2 Å². The van der Waals surface area contributed by atoms with Gasteiger partial charge in [0.1, 0.15) is 0 Å². The summed E-state index contributed by atoms with van der Waals surface area (Å²) in [4.78, 5) is 0.129. The van der Waals surface area contributed by atoms with Crippen LogP contribution in [0.3, 0.4) is 0 Å². The van der Waals surface area contributed by atoms with Crippen molar-refractivity contribution in [2.24, 2.45) is 0 Å². The van der Waals surface area contributed by atoms with E-state index in [-0.39, 0.29) is 4.90 Å². The lowest BCUT2D eigenvalue weighted by atomic mass is 10.2. The zero-order chi connectivity index (χ0) is 14.3. The largest absolute Gasteiger partial charge is 0.280 e. The molecule has 5 nitrogen and oxygen atoms in total. The Morgan fingerprint density at radius 2 is 2.10 bits per heavy atom. The predicted molar refractivity (Wildman–Crippen MR) is 77.6 cm³/mol. The Hall–Kier alpha value is -1.53. The average molecular weight is 312 g/mol. The van der Waals surface area contributed by atoms with Crippen molar-refractivity contribution in [3.8, 4) is 0 Å². The molecule has 2 N–H and O–H groups in total. The molecule has 0 unspecified atom stereocenters. The maximum absolute atomic E-state index is 12.2. The molecule has 1 fully saturated rings. The summed E-state index contributed by atoms with van der Waals surface area (Å²) >= 11 is 5.96. The number of anilines is 1. The first-order valence-electron chi connectivity index (χ1n) is 6.30. The summed E-state index contributed by atoms with van der Waals surface area (Å²) in [7, 11) is -3.66. The van der Waals surface area contributed by atoms with Crippen LogP contribution in [-0.4, -0.2) is 18.6 Å². The van der Waals surface area contributed by atoms with Gasteiger partial charge in [0, 0.05) is 22.7 Å². The van der Waals surface area contributed by atoms with E-state index in [0.717, 1.165) is 24.1 Å². The number of nitrogens with zero attached hydrogens (tertiary/aromatic N) is 1. The van der Waals surface area contributed by atoms with E-state index in [1.165, 1.54) is 12.1 Å². The smallest absolute Gasteiger partial charge is 0.263 e. The normalized spacial score (nSPS) is 15.3. The Kier molecular flexibility index (Phi) is 3.22. The number of benzene rings is 1. The van der Waals surface area contributed by atoms with E-state index < -0.39 is 10.0 Å². The number of aromatic amines is 1. The topological polar surface area (TPSA) is 74.8 Å². The Morgan fingerprint density at radius 3 is 2.75 bits per heavy atom. The fourth-order valence-electron chi connectivity index (χ4n) is 1.93. The molecule has 106 valence electrons. The van der Waals surface area contributed by atoms with Crippen LogP contribution in [0.5, 0.6) is 0 Å². The van der Waals surface area contributed by atoms with Gasteiger partial charge in [-0.25, -0.2) is 8.42 Å². The summed E-state index contributed by atoms with van der Waals surface area (Å²) < 4.78 is 26.9. The molecule has 1 aromatic heterocycles. The minimum absolute atomic E-state index is 0.129. The third kappa shape index (κ3) is 2.66. The van der Waals surface area contributed by atoms with Gasteiger partial charge in [0.25, 0.3) is 10.0 Å². The van der Waals surface area contributed by atoms with Crippen molar-refractivity contribution in [3.05, 3.63) is 40.5 Å². The SMILES string of the molecule is Cc1ccc(S(=O)(=O)Nc2cc(C3CC3)[nH]n2)cc1Cl. The number of aryl methyl sites for hydroxylation is 1. The highest BCUT2D eigenvalue weighted by molar-refractivity contribution is 7.92. The van der Waals surface area contributed by atoms with Crippen LogP contribution in [0.15, 0.2) is 29.2 Å². The molecule has 0 aliphatic heterocycles. The first-order chi connectivity index (χ1) is 9.45. The second-order valence-corrected chi connectivity index (χ2v) is 7.09. The lowest BCUT2D eigenvalue weighted by Crippen LogP contribution is -2.13. The van der Waals surface area contributed by atoms with Gasteiger partial charge >= 0.3 is 0 Å². The van der Waals surface area contributed by atoms with Gasteiger partial charge in [-0.1, -0.05) is 17.7 Å². The number of rotatable bonds is 4.